The molecule has 1 saturated heterocycles. The lowest BCUT2D eigenvalue weighted by Gasteiger charge is -2.22. The zero-order chi connectivity index (χ0) is 12.1. The van der Waals surface area contributed by atoms with Crippen LogP contribution in [0.3, 0.4) is 0 Å². The molecule has 6 nitrogen and oxygen atoms in total. The van der Waals surface area contributed by atoms with Gasteiger partial charge >= 0.3 is 5.97 Å². The van der Waals surface area contributed by atoms with Crippen molar-refractivity contribution >= 4 is 11.9 Å². The summed E-state index contributed by atoms with van der Waals surface area (Å²) >= 11 is 0. The van der Waals surface area contributed by atoms with E-state index in [1.807, 2.05) is 0 Å². The second-order valence-electron chi connectivity index (χ2n) is 3.72. The SMILES string of the molecule is COCCC(=O)N1CC(O)CC1C(=O)OC. The smallest absolute Gasteiger partial charge is 0.328 e. The van der Waals surface area contributed by atoms with Crippen LogP contribution in [0.4, 0.5) is 0 Å². The van der Waals surface area contributed by atoms with E-state index in [9.17, 15) is 14.7 Å². The summed E-state index contributed by atoms with van der Waals surface area (Å²) in [4.78, 5) is 24.5. The molecule has 1 N–H and O–H groups in total. The van der Waals surface area contributed by atoms with Crippen molar-refractivity contribution in [1.82, 2.24) is 4.90 Å². The van der Waals surface area contributed by atoms with Crippen LogP contribution in [0.15, 0.2) is 0 Å². The van der Waals surface area contributed by atoms with Crippen molar-refractivity contribution in [3.8, 4) is 0 Å². The molecule has 16 heavy (non-hydrogen) atoms. The van der Waals surface area contributed by atoms with Gasteiger partial charge in [-0.15, -0.1) is 0 Å². The molecule has 1 heterocycles. The van der Waals surface area contributed by atoms with Crippen LogP contribution >= 0.6 is 0 Å². The zero-order valence-corrected chi connectivity index (χ0v) is 9.51. The minimum absolute atomic E-state index is 0.183. The lowest BCUT2D eigenvalue weighted by atomic mass is 10.2. The quantitative estimate of drug-likeness (QED) is 0.638. The number of methoxy groups -OCH3 is 2. The van der Waals surface area contributed by atoms with Crippen molar-refractivity contribution in [2.24, 2.45) is 0 Å². The molecule has 0 bridgehead atoms. The number of rotatable bonds is 4. The molecule has 1 rings (SSSR count). The lowest BCUT2D eigenvalue weighted by Crippen LogP contribution is -2.41. The maximum absolute atomic E-state index is 11.7. The van der Waals surface area contributed by atoms with Crippen LogP contribution in [0.5, 0.6) is 0 Å². The normalized spacial score (nSPS) is 24.6. The molecule has 1 fully saturated rings. The molecule has 6 heteroatoms. The molecule has 0 radical (unpaired) electrons. The number of amides is 1. The Morgan fingerprint density at radius 2 is 2.12 bits per heavy atom. The summed E-state index contributed by atoms with van der Waals surface area (Å²) in [6.07, 6.45) is -0.210. The Bertz CT molecular complexity index is 268. The van der Waals surface area contributed by atoms with Crippen molar-refractivity contribution in [2.75, 3.05) is 27.4 Å². The number of carbonyl (C=O) groups is 2. The van der Waals surface area contributed by atoms with Gasteiger partial charge in [0.25, 0.3) is 0 Å². The monoisotopic (exact) mass is 231 g/mol. The average Bonchev–Trinajstić information content (AvgIpc) is 2.67. The number of ether oxygens (including phenoxy) is 2. The van der Waals surface area contributed by atoms with Gasteiger partial charge in [-0.2, -0.15) is 0 Å². The number of hydrogen-bond donors (Lipinski definition) is 1. The van der Waals surface area contributed by atoms with Crippen LogP contribution in [0, 0.1) is 0 Å². The van der Waals surface area contributed by atoms with Crippen molar-refractivity contribution in [3.63, 3.8) is 0 Å². The number of carbonyl (C=O) groups excluding carboxylic acids is 2. The highest BCUT2D eigenvalue weighted by molar-refractivity contribution is 5.85. The maximum atomic E-state index is 11.7. The molecule has 1 amide bonds. The molecule has 0 aliphatic carbocycles. The number of hydrogen-bond acceptors (Lipinski definition) is 5. The van der Waals surface area contributed by atoms with Gasteiger partial charge in [-0.1, -0.05) is 0 Å². The summed E-state index contributed by atoms with van der Waals surface area (Å²) in [7, 11) is 2.77. The second-order valence-corrected chi connectivity index (χ2v) is 3.72. The lowest BCUT2D eigenvalue weighted by molar-refractivity contribution is -0.151. The molecule has 0 aromatic rings. The average molecular weight is 231 g/mol. The summed E-state index contributed by atoms with van der Waals surface area (Å²) in [5, 5.41) is 9.46. The number of aliphatic hydroxyl groups excluding tert-OH is 1. The minimum atomic E-state index is -0.663. The van der Waals surface area contributed by atoms with Gasteiger partial charge in [0.1, 0.15) is 6.04 Å². The summed E-state index contributed by atoms with van der Waals surface area (Å²) < 4.78 is 9.39. The molecule has 2 atom stereocenters. The second kappa shape index (κ2) is 5.81. The Labute approximate surface area is 94.1 Å². The Kier molecular flexibility index (Phi) is 4.70. The van der Waals surface area contributed by atoms with Crippen LogP contribution in [0.25, 0.3) is 0 Å². The van der Waals surface area contributed by atoms with Crippen molar-refractivity contribution in [3.05, 3.63) is 0 Å². The highest BCUT2D eigenvalue weighted by Gasteiger charge is 2.39. The first-order chi connectivity index (χ1) is 7.60. The zero-order valence-electron chi connectivity index (χ0n) is 9.51. The van der Waals surface area contributed by atoms with E-state index in [0.29, 0.717) is 6.61 Å². The molecule has 2 unspecified atom stereocenters. The van der Waals surface area contributed by atoms with Crippen molar-refractivity contribution in [2.45, 2.75) is 25.0 Å². The van der Waals surface area contributed by atoms with E-state index >= 15 is 0 Å². The van der Waals surface area contributed by atoms with Crippen LogP contribution < -0.4 is 0 Å². The van der Waals surface area contributed by atoms with Gasteiger partial charge in [-0.3, -0.25) is 4.79 Å². The maximum Gasteiger partial charge on any atom is 0.328 e. The fraction of sp³-hybridized carbons (Fsp3) is 0.800. The Morgan fingerprint density at radius 1 is 1.44 bits per heavy atom. The highest BCUT2D eigenvalue weighted by atomic mass is 16.5. The topological polar surface area (TPSA) is 76.1 Å². The third-order valence-corrected chi connectivity index (χ3v) is 2.59. The Hall–Kier alpha value is -1.14. The summed E-state index contributed by atoms with van der Waals surface area (Å²) in [6, 6.07) is -0.663. The number of aliphatic hydroxyl groups is 1. The fourth-order valence-electron chi connectivity index (χ4n) is 1.78. The van der Waals surface area contributed by atoms with Crippen molar-refractivity contribution in [1.29, 1.82) is 0 Å². The van der Waals surface area contributed by atoms with Crippen LogP contribution in [0.1, 0.15) is 12.8 Å². The predicted molar refractivity (Wildman–Crippen MR) is 54.6 cm³/mol. The molecule has 0 aromatic heterocycles. The molecule has 1 aliphatic heterocycles. The van der Waals surface area contributed by atoms with Gasteiger partial charge in [-0.25, -0.2) is 4.79 Å². The first kappa shape index (κ1) is 12.9. The van der Waals surface area contributed by atoms with Gasteiger partial charge in [0.15, 0.2) is 0 Å². The first-order valence-electron chi connectivity index (χ1n) is 5.14. The standard InChI is InChI=1S/C10H17NO5/c1-15-4-3-9(13)11-6-7(12)5-8(11)10(14)16-2/h7-8,12H,3-6H2,1-2H3. The van der Waals surface area contributed by atoms with Crippen LogP contribution in [0.2, 0.25) is 0 Å². The van der Waals surface area contributed by atoms with Crippen LogP contribution in [-0.4, -0.2) is 61.4 Å². The van der Waals surface area contributed by atoms with Crippen LogP contribution in [-0.2, 0) is 19.1 Å². The van der Waals surface area contributed by atoms with E-state index < -0.39 is 18.1 Å². The summed E-state index contributed by atoms with van der Waals surface area (Å²) in [5.74, 6) is -0.684. The molecular formula is C10H17NO5. The number of esters is 1. The number of likely N-dealkylation sites (tertiary alicyclic amines) is 1. The van der Waals surface area contributed by atoms with E-state index in [-0.39, 0.29) is 25.3 Å². The summed E-state index contributed by atoms with van der Waals surface area (Å²) in [6.45, 7) is 0.488. The molecular weight excluding hydrogens is 214 g/mol. The molecule has 0 saturated carbocycles. The van der Waals surface area contributed by atoms with Gasteiger partial charge in [-0.05, 0) is 0 Å². The predicted octanol–water partition coefficient (Wildman–Crippen LogP) is -0.842. The van der Waals surface area contributed by atoms with E-state index in [2.05, 4.69) is 4.74 Å². The Morgan fingerprint density at radius 3 is 2.69 bits per heavy atom. The van der Waals surface area contributed by atoms with Gasteiger partial charge < -0.3 is 19.5 Å². The van der Waals surface area contributed by atoms with Crippen molar-refractivity contribution < 1.29 is 24.2 Å². The van der Waals surface area contributed by atoms with E-state index in [4.69, 9.17) is 4.74 Å². The molecule has 92 valence electrons. The fourth-order valence-corrected chi connectivity index (χ4v) is 1.78. The van der Waals surface area contributed by atoms with Gasteiger partial charge in [0, 0.05) is 20.1 Å². The number of β-amino-alcohol motifs (C(OH)–C–C–N with tert-alkyl or cyclic N) is 1. The molecule has 0 aromatic carbocycles. The van der Waals surface area contributed by atoms with E-state index in [0.717, 1.165) is 0 Å². The third-order valence-electron chi connectivity index (χ3n) is 2.59. The van der Waals surface area contributed by atoms with Gasteiger partial charge in [0.2, 0.25) is 5.91 Å². The van der Waals surface area contributed by atoms with E-state index in [1.165, 1.54) is 19.1 Å². The molecule has 0 spiro atoms. The highest BCUT2D eigenvalue weighted by Crippen LogP contribution is 2.19. The minimum Gasteiger partial charge on any atom is -0.467 e. The number of nitrogens with zero attached hydrogens (tertiary/aromatic N) is 1. The van der Waals surface area contributed by atoms with E-state index in [1.54, 1.807) is 0 Å². The summed E-state index contributed by atoms with van der Waals surface area (Å²) in [5.41, 5.74) is 0. The Balaban J connectivity index is 2.61. The van der Waals surface area contributed by atoms with Gasteiger partial charge in [0.05, 0.1) is 26.2 Å². The third kappa shape index (κ3) is 2.93. The largest absolute Gasteiger partial charge is 0.467 e. The first-order valence-corrected chi connectivity index (χ1v) is 5.14. The molecule has 1 aliphatic rings.